The Hall–Kier alpha value is -3.12. The van der Waals surface area contributed by atoms with Crippen molar-refractivity contribution in [2.45, 2.75) is 6.42 Å². The highest BCUT2D eigenvalue weighted by Gasteiger charge is 2.14. The number of amides is 1. The van der Waals surface area contributed by atoms with Crippen molar-refractivity contribution in [3.05, 3.63) is 94.2 Å². The maximum absolute atomic E-state index is 12.7. The van der Waals surface area contributed by atoms with E-state index in [1.807, 2.05) is 42.6 Å². The van der Waals surface area contributed by atoms with E-state index in [1.165, 1.54) is 6.07 Å². The Morgan fingerprint density at radius 2 is 1.85 bits per heavy atom. The van der Waals surface area contributed by atoms with Gasteiger partial charge in [0, 0.05) is 10.7 Å². The van der Waals surface area contributed by atoms with Crippen molar-refractivity contribution in [1.82, 2.24) is 9.61 Å². The van der Waals surface area contributed by atoms with Gasteiger partial charge in [0.1, 0.15) is 11.4 Å². The fourth-order valence-corrected chi connectivity index (χ4v) is 3.20. The van der Waals surface area contributed by atoms with Crippen molar-refractivity contribution >= 4 is 33.0 Å². The number of carbonyl (C=O) groups is 1. The lowest BCUT2D eigenvalue weighted by Gasteiger charge is -2.10. The van der Waals surface area contributed by atoms with Crippen LogP contribution in [0.25, 0.3) is 5.52 Å². The molecule has 2 N–H and O–H groups in total. The van der Waals surface area contributed by atoms with Gasteiger partial charge in [-0.3, -0.25) is 4.79 Å². The second-order valence-electron chi connectivity index (χ2n) is 6.17. The molecule has 27 heavy (non-hydrogen) atoms. The van der Waals surface area contributed by atoms with Gasteiger partial charge in [0.05, 0.1) is 11.2 Å². The number of carbonyl (C=O) groups excluding carboxylic acids is 1. The van der Waals surface area contributed by atoms with Gasteiger partial charge < -0.3 is 10.4 Å². The molecule has 2 aromatic heterocycles. The minimum atomic E-state index is -0.371. The molecule has 0 unspecified atom stereocenters. The van der Waals surface area contributed by atoms with E-state index in [0.29, 0.717) is 12.1 Å². The zero-order valence-electron chi connectivity index (χ0n) is 14.3. The maximum atomic E-state index is 12.7. The van der Waals surface area contributed by atoms with Gasteiger partial charge in [0.15, 0.2) is 0 Å². The van der Waals surface area contributed by atoms with Crippen LogP contribution in [0.15, 0.2) is 77.4 Å². The van der Waals surface area contributed by atoms with Gasteiger partial charge in [0.2, 0.25) is 0 Å². The van der Waals surface area contributed by atoms with Crippen molar-refractivity contribution < 1.29 is 9.90 Å². The first-order valence-corrected chi connectivity index (χ1v) is 9.20. The third-order valence-corrected chi connectivity index (χ3v) is 4.80. The Morgan fingerprint density at radius 3 is 2.63 bits per heavy atom. The molecule has 0 radical (unpaired) electrons. The molecule has 2 aromatic carbocycles. The molecular weight excluding hydrogens is 406 g/mol. The highest BCUT2D eigenvalue weighted by molar-refractivity contribution is 9.10. The number of nitrogens with one attached hydrogen (secondary N) is 1. The monoisotopic (exact) mass is 421 g/mol. The van der Waals surface area contributed by atoms with Crippen molar-refractivity contribution in [2.24, 2.45) is 0 Å². The Kier molecular flexibility index (Phi) is 4.64. The predicted octanol–water partition coefficient (Wildman–Crippen LogP) is 4.65. The van der Waals surface area contributed by atoms with Gasteiger partial charge in [-0.15, -0.1) is 0 Å². The third kappa shape index (κ3) is 3.71. The zero-order chi connectivity index (χ0) is 18.8. The lowest BCUT2D eigenvalue weighted by atomic mass is 10.0. The molecule has 0 aliphatic carbocycles. The van der Waals surface area contributed by atoms with Gasteiger partial charge in [-0.25, -0.2) is 4.52 Å². The molecule has 0 saturated heterocycles. The Bertz CT molecular complexity index is 1120. The molecule has 0 bridgehead atoms. The number of rotatable bonds is 4. The van der Waals surface area contributed by atoms with Crippen LogP contribution in [0.1, 0.15) is 21.6 Å². The number of aromatic nitrogens is 2. The van der Waals surface area contributed by atoms with E-state index in [1.54, 1.807) is 28.8 Å². The molecule has 2 heterocycles. The highest BCUT2D eigenvalue weighted by Crippen LogP contribution is 2.23. The van der Waals surface area contributed by atoms with E-state index in [-0.39, 0.29) is 17.4 Å². The van der Waals surface area contributed by atoms with Crippen LogP contribution in [0.5, 0.6) is 5.75 Å². The molecule has 134 valence electrons. The van der Waals surface area contributed by atoms with Crippen LogP contribution in [0.4, 0.5) is 5.69 Å². The summed E-state index contributed by atoms with van der Waals surface area (Å²) >= 11 is 3.45. The van der Waals surface area contributed by atoms with Crippen LogP contribution in [-0.4, -0.2) is 20.6 Å². The van der Waals surface area contributed by atoms with Crippen LogP contribution < -0.4 is 5.32 Å². The fourth-order valence-electron chi connectivity index (χ4n) is 2.94. The maximum Gasteiger partial charge on any atom is 0.276 e. The molecule has 0 spiro atoms. The number of phenolic OH excluding ortho intramolecular Hbond substituents is 1. The molecule has 0 saturated carbocycles. The smallest absolute Gasteiger partial charge is 0.276 e. The summed E-state index contributed by atoms with van der Waals surface area (Å²) in [4.78, 5) is 12.7. The highest BCUT2D eigenvalue weighted by atomic mass is 79.9. The van der Waals surface area contributed by atoms with Crippen LogP contribution in [0.2, 0.25) is 0 Å². The molecule has 0 aliphatic heterocycles. The van der Waals surface area contributed by atoms with Crippen molar-refractivity contribution in [3.63, 3.8) is 0 Å². The second kappa shape index (κ2) is 7.25. The summed E-state index contributed by atoms with van der Waals surface area (Å²) in [7, 11) is 0. The van der Waals surface area contributed by atoms with Crippen LogP contribution in [0.3, 0.4) is 0 Å². The summed E-state index contributed by atoms with van der Waals surface area (Å²) < 4.78 is 2.73. The van der Waals surface area contributed by atoms with Gasteiger partial charge in [-0.05, 0) is 60.0 Å². The standard InChI is InChI=1S/C21H16BrN3O2/c22-16-9-7-14(8-10-16)12-15-13-18(24-25-11-3-5-19(15)25)21(27)23-17-4-1-2-6-20(17)26/h1-11,13,26H,12H2,(H,23,27). The average Bonchev–Trinajstić information content (AvgIpc) is 3.14. The molecule has 6 heteroatoms. The Balaban J connectivity index is 1.68. The number of para-hydroxylation sites is 2. The first kappa shape index (κ1) is 17.3. The number of benzene rings is 2. The van der Waals surface area contributed by atoms with Gasteiger partial charge in [0.25, 0.3) is 5.91 Å². The largest absolute Gasteiger partial charge is 0.506 e. The predicted molar refractivity (Wildman–Crippen MR) is 108 cm³/mol. The minimum Gasteiger partial charge on any atom is -0.506 e. The normalized spacial score (nSPS) is 10.9. The summed E-state index contributed by atoms with van der Waals surface area (Å²) in [5.41, 5.74) is 3.73. The van der Waals surface area contributed by atoms with E-state index in [2.05, 4.69) is 26.3 Å². The number of nitrogens with zero attached hydrogens (tertiary/aromatic N) is 2. The van der Waals surface area contributed by atoms with Gasteiger partial charge >= 0.3 is 0 Å². The van der Waals surface area contributed by atoms with E-state index in [0.717, 1.165) is 21.1 Å². The Labute approximate surface area is 164 Å². The van der Waals surface area contributed by atoms with E-state index in [4.69, 9.17) is 0 Å². The summed E-state index contributed by atoms with van der Waals surface area (Å²) in [5, 5.41) is 17.0. The van der Waals surface area contributed by atoms with E-state index < -0.39 is 0 Å². The average molecular weight is 422 g/mol. The number of hydrogen-bond acceptors (Lipinski definition) is 3. The number of aromatic hydroxyl groups is 1. The van der Waals surface area contributed by atoms with E-state index >= 15 is 0 Å². The molecule has 1 amide bonds. The zero-order valence-corrected chi connectivity index (χ0v) is 15.8. The lowest BCUT2D eigenvalue weighted by molar-refractivity contribution is 0.102. The van der Waals surface area contributed by atoms with Crippen LogP contribution >= 0.6 is 15.9 Å². The minimum absolute atomic E-state index is 0.0166. The summed E-state index contributed by atoms with van der Waals surface area (Å²) in [5.74, 6) is -0.355. The van der Waals surface area contributed by atoms with Gasteiger partial charge in [-0.2, -0.15) is 5.10 Å². The summed E-state index contributed by atoms with van der Waals surface area (Å²) in [6.07, 6.45) is 2.50. The fraction of sp³-hybridized carbons (Fsp3) is 0.0476. The molecule has 0 aliphatic rings. The molecule has 4 rings (SSSR count). The topological polar surface area (TPSA) is 66.6 Å². The van der Waals surface area contributed by atoms with Crippen molar-refractivity contribution in [2.75, 3.05) is 5.32 Å². The summed E-state index contributed by atoms with van der Waals surface area (Å²) in [6.45, 7) is 0. The van der Waals surface area contributed by atoms with Gasteiger partial charge in [-0.1, -0.05) is 40.2 Å². The number of anilines is 1. The quantitative estimate of drug-likeness (QED) is 0.471. The SMILES string of the molecule is O=C(Nc1ccccc1O)c1cc(Cc2ccc(Br)cc2)c2cccn2n1. The number of phenols is 1. The van der Waals surface area contributed by atoms with Crippen LogP contribution in [0, 0.1) is 0 Å². The molecule has 4 aromatic rings. The van der Waals surface area contributed by atoms with Crippen LogP contribution in [-0.2, 0) is 6.42 Å². The Morgan fingerprint density at radius 1 is 1.07 bits per heavy atom. The molecule has 0 fully saturated rings. The summed E-state index contributed by atoms with van der Waals surface area (Å²) in [6, 6.07) is 20.4. The first-order chi connectivity index (χ1) is 13.1. The molecule has 0 atom stereocenters. The first-order valence-electron chi connectivity index (χ1n) is 8.41. The number of halogens is 1. The van der Waals surface area contributed by atoms with Crippen molar-refractivity contribution in [1.29, 1.82) is 0 Å². The van der Waals surface area contributed by atoms with Crippen molar-refractivity contribution in [3.8, 4) is 5.75 Å². The number of hydrogen-bond donors (Lipinski definition) is 2. The molecule has 5 nitrogen and oxygen atoms in total. The molecular formula is C21H16BrN3O2. The third-order valence-electron chi connectivity index (χ3n) is 4.28. The lowest BCUT2D eigenvalue weighted by Crippen LogP contribution is -2.16. The number of fused-ring (bicyclic) bond motifs is 1. The van der Waals surface area contributed by atoms with E-state index in [9.17, 15) is 9.90 Å². The second-order valence-corrected chi connectivity index (χ2v) is 7.08.